The Labute approximate surface area is 163 Å². The van der Waals surface area contributed by atoms with Crippen LogP contribution < -0.4 is 10.6 Å². The number of hydrogen-bond donors (Lipinski definition) is 2. The first-order valence-electron chi connectivity index (χ1n) is 10.6. The molecular weight excluding hydrogens is 336 g/mol. The maximum absolute atomic E-state index is 12.0. The van der Waals surface area contributed by atoms with E-state index in [9.17, 15) is 4.79 Å². The van der Waals surface area contributed by atoms with E-state index >= 15 is 0 Å². The van der Waals surface area contributed by atoms with Gasteiger partial charge in [-0.1, -0.05) is 38.5 Å². The van der Waals surface area contributed by atoms with Crippen molar-refractivity contribution in [3.63, 3.8) is 0 Å². The summed E-state index contributed by atoms with van der Waals surface area (Å²) in [7, 11) is 1.85. The maximum Gasteiger partial charge on any atom is 0.238 e. The van der Waals surface area contributed by atoms with Crippen molar-refractivity contribution in [1.82, 2.24) is 10.6 Å². The molecule has 2 fully saturated rings. The summed E-state index contributed by atoms with van der Waals surface area (Å²) < 4.78 is 5.99. The lowest BCUT2D eigenvalue weighted by Gasteiger charge is -2.42. The molecule has 4 unspecified atom stereocenters. The molecule has 1 amide bonds. The minimum atomic E-state index is 0.0217. The highest BCUT2D eigenvalue weighted by Crippen LogP contribution is 2.57. The van der Waals surface area contributed by atoms with E-state index in [-0.39, 0.29) is 18.1 Å². The third-order valence-corrected chi connectivity index (χ3v) is 7.19. The van der Waals surface area contributed by atoms with Gasteiger partial charge in [-0.2, -0.15) is 0 Å². The lowest BCUT2D eigenvalue weighted by atomic mass is 9.64. The molecule has 0 bridgehead atoms. The van der Waals surface area contributed by atoms with E-state index in [1.54, 1.807) is 11.1 Å². The summed E-state index contributed by atoms with van der Waals surface area (Å²) in [6.45, 7) is 8.58. The first-order chi connectivity index (χ1) is 12.9. The Morgan fingerprint density at radius 2 is 2.15 bits per heavy atom. The summed E-state index contributed by atoms with van der Waals surface area (Å²) >= 11 is 0. The molecule has 4 rings (SSSR count). The van der Waals surface area contributed by atoms with E-state index < -0.39 is 0 Å². The minimum absolute atomic E-state index is 0.0217. The Morgan fingerprint density at radius 3 is 2.81 bits per heavy atom. The molecule has 4 atom stereocenters. The number of nitrogens with one attached hydrogen (secondary N) is 2. The summed E-state index contributed by atoms with van der Waals surface area (Å²) in [5, 5.41) is 6.15. The Balaban J connectivity index is 1.63. The molecule has 3 aliphatic carbocycles. The fourth-order valence-electron chi connectivity index (χ4n) is 5.44. The van der Waals surface area contributed by atoms with Crippen LogP contribution in [-0.2, 0) is 9.53 Å². The van der Waals surface area contributed by atoms with E-state index in [2.05, 4.69) is 43.6 Å². The van der Waals surface area contributed by atoms with Crippen molar-refractivity contribution in [2.24, 2.45) is 17.3 Å². The van der Waals surface area contributed by atoms with Crippen molar-refractivity contribution in [3.05, 3.63) is 34.4 Å². The first kappa shape index (κ1) is 18.9. The van der Waals surface area contributed by atoms with Gasteiger partial charge in [0, 0.05) is 26.1 Å². The van der Waals surface area contributed by atoms with E-state index in [0.717, 1.165) is 13.0 Å². The second-order valence-electron chi connectivity index (χ2n) is 9.36. The number of rotatable bonds is 5. The van der Waals surface area contributed by atoms with E-state index in [1.165, 1.54) is 36.8 Å². The van der Waals surface area contributed by atoms with Crippen LogP contribution in [0.3, 0.4) is 0 Å². The van der Waals surface area contributed by atoms with Crippen LogP contribution in [-0.4, -0.2) is 38.3 Å². The zero-order chi connectivity index (χ0) is 19.2. The number of amides is 1. The van der Waals surface area contributed by atoms with Gasteiger partial charge in [0.2, 0.25) is 5.91 Å². The molecule has 0 aromatic rings. The van der Waals surface area contributed by atoms with Crippen molar-refractivity contribution in [2.45, 2.75) is 65.0 Å². The minimum Gasteiger partial charge on any atom is -0.380 e. The van der Waals surface area contributed by atoms with Crippen molar-refractivity contribution in [1.29, 1.82) is 0 Å². The van der Waals surface area contributed by atoms with E-state index in [4.69, 9.17) is 4.74 Å². The van der Waals surface area contributed by atoms with Gasteiger partial charge in [-0.25, -0.2) is 0 Å². The third-order valence-electron chi connectivity index (χ3n) is 7.19. The molecule has 1 heterocycles. The van der Waals surface area contributed by atoms with E-state index in [0.29, 0.717) is 23.8 Å². The zero-order valence-electron chi connectivity index (χ0n) is 17.2. The number of methoxy groups -OCH3 is 1. The van der Waals surface area contributed by atoms with Crippen LogP contribution >= 0.6 is 0 Å². The van der Waals surface area contributed by atoms with Gasteiger partial charge in [-0.3, -0.25) is 4.79 Å². The van der Waals surface area contributed by atoms with Crippen molar-refractivity contribution >= 4 is 5.91 Å². The molecule has 1 saturated carbocycles. The molecule has 27 heavy (non-hydrogen) atoms. The molecule has 148 valence electrons. The normalized spacial score (nSPS) is 35.2. The van der Waals surface area contributed by atoms with Crippen LogP contribution in [0.2, 0.25) is 0 Å². The van der Waals surface area contributed by atoms with Crippen LogP contribution in [0.5, 0.6) is 0 Å². The Kier molecular flexibility index (Phi) is 5.06. The smallest absolute Gasteiger partial charge is 0.238 e. The molecule has 2 N–H and O–H groups in total. The predicted octanol–water partition coefficient (Wildman–Crippen LogP) is 3.51. The molecular formula is C23H34N2O2. The van der Waals surface area contributed by atoms with Gasteiger partial charge in [-0.15, -0.1) is 0 Å². The number of hydrogen-bond acceptors (Lipinski definition) is 3. The van der Waals surface area contributed by atoms with Crippen molar-refractivity contribution < 1.29 is 9.53 Å². The maximum atomic E-state index is 12.0. The fourth-order valence-corrected chi connectivity index (χ4v) is 5.44. The summed E-state index contributed by atoms with van der Waals surface area (Å²) in [6.07, 6.45) is 10.7. The summed E-state index contributed by atoms with van der Waals surface area (Å²) in [4.78, 5) is 12.0. The van der Waals surface area contributed by atoms with Crippen molar-refractivity contribution in [2.75, 3.05) is 20.2 Å². The van der Waals surface area contributed by atoms with Crippen LogP contribution in [0.1, 0.15) is 52.9 Å². The molecule has 4 heteroatoms. The first-order valence-corrected chi connectivity index (χ1v) is 10.6. The molecule has 0 aromatic heterocycles. The van der Waals surface area contributed by atoms with Crippen molar-refractivity contribution in [3.8, 4) is 0 Å². The second kappa shape index (κ2) is 7.21. The number of fused-ring (bicyclic) bond motifs is 3. The predicted molar refractivity (Wildman–Crippen MR) is 108 cm³/mol. The third kappa shape index (κ3) is 3.54. The van der Waals surface area contributed by atoms with Gasteiger partial charge < -0.3 is 15.4 Å². The largest absolute Gasteiger partial charge is 0.380 e. The number of carbonyl (C=O) groups excluding carboxylic acids is 1. The fraction of sp³-hybridized carbons (Fsp3) is 0.696. The molecule has 0 spiro atoms. The average molecular weight is 371 g/mol. The molecule has 4 aliphatic rings. The monoisotopic (exact) mass is 370 g/mol. The van der Waals surface area contributed by atoms with Gasteiger partial charge in [0.25, 0.3) is 0 Å². The second-order valence-corrected chi connectivity index (χ2v) is 9.36. The molecule has 4 nitrogen and oxygen atoms in total. The van der Waals surface area contributed by atoms with Gasteiger partial charge >= 0.3 is 0 Å². The summed E-state index contributed by atoms with van der Waals surface area (Å²) in [6, 6.07) is 0.0217. The topological polar surface area (TPSA) is 60.3 Å². The van der Waals surface area contributed by atoms with Crippen LogP contribution in [0.15, 0.2) is 34.4 Å². The zero-order valence-corrected chi connectivity index (χ0v) is 17.2. The molecule has 0 aromatic carbocycles. The lowest BCUT2D eigenvalue weighted by Crippen LogP contribution is -2.35. The van der Waals surface area contributed by atoms with Crippen LogP contribution in [0, 0.1) is 17.3 Å². The SMILES string of the molecule is COC1CC(CNC(=O)C2CN2)=CC=C2C3=C(C(C)C)CCC3(C)CCC21. The highest BCUT2D eigenvalue weighted by Gasteiger charge is 2.46. The van der Waals surface area contributed by atoms with Crippen LogP contribution in [0.25, 0.3) is 0 Å². The quantitative estimate of drug-likeness (QED) is 0.728. The number of allylic oxidation sites excluding steroid dienone is 4. The standard InChI is InChI=1S/C23H34N2O2/c1-14(2)16-7-9-23(3)10-8-17-18(21(16)23)6-5-15(11-20(17)27-4)12-25-22(26)19-13-24-19/h5-6,14,17,19-20,24H,7-13H2,1-4H3,(H,25,26). The average Bonchev–Trinajstić information content (AvgIpc) is 3.44. The highest BCUT2D eigenvalue weighted by molar-refractivity contribution is 5.84. The van der Waals surface area contributed by atoms with Gasteiger partial charge in [0.1, 0.15) is 0 Å². The van der Waals surface area contributed by atoms with Gasteiger partial charge in [0.05, 0.1) is 12.1 Å². The number of carbonyl (C=O) groups is 1. The number of ether oxygens (including phenoxy) is 1. The van der Waals surface area contributed by atoms with Crippen LogP contribution in [0.4, 0.5) is 0 Å². The summed E-state index contributed by atoms with van der Waals surface area (Å²) in [5.74, 6) is 1.20. The van der Waals surface area contributed by atoms with E-state index in [1.807, 2.05) is 7.11 Å². The Hall–Kier alpha value is -1.39. The lowest BCUT2D eigenvalue weighted by molar-refractivity contribution is -0.120. The summed E-state index contributed by atoms with van der Waals surface area (Å²) in [5.41, 5.74) is 6.42. The molecule has 1 saturated heterocycles. The van der Waals surface area contributed by atoms with Gasteiger partial charge in [0.15, 0.2) is 0 Å². The molecule has 0 radical (unpaired) electrons. The Morgan fingerprint density at radius 1 is 1.37 bits per heavy atom. The highest BCUT2D eigenvalue weighted by atomic mass is 16.5. The molecule has 1 aliphatic heterocycles. The Bertz CT molecular complexity index is 714. The van der Waals surface area contributed by atoms with Gasteiger partial charge in [-0.05, 0) is 60.2 Å².